The predicted octanol–water partition coefficient (Wildman–Crippen LogP) is 5.50. The van der Waals surface area contributed by atoms with Crippen LogP contribution in [0.5, 0.6) is 5.75 Å². The van der Waals surface area contributed by atoms with E-state index in [1.165, 1.54) is 6.07 Å². The molecular weight excluding hydrogens is 415 g/mol. The smallest absolute Gasteiger partial charge is 0.170 e. The van der Waals surface area contributed by atoms with Gasteiger partial charge in [-0.1, -0.05) is 19.8 Å². The van der Waals surface area contributed by atoms with Crippen molar-refractivity contribution >= 4 is 43.2 Å². The summed E-state index contributed by atoms with van der Waals surface area (Å²) < 4.78 is 15.0. The van der Waals surface area contributed by atoms with Crippen molar-refractivity contribution < 1.29 is 14.3 Å². The van der Waals surface area contributed by atoms with Gasteiger partial charge in [-0.3, -0.25) is 4.79 Å². The van der Waals surface area contributed by atoms with Gasteiger partial charge in [-0.25, -0.2) is 4.39 Å². The van der Waals surface area contributed by atoms with Gasteiger partial charge in [0.2, 0.25) is 0 Å². The van der Waals surface area contributed by atoms with Gasteiger partial charge in [-0.15, -0.1) is 0 Å². The number of carbonyl (C=O) groups excluding carboxylic acids is 1. The third-order valence-corrected chi connectivity index (χ3v) is 6.61. The van der Waals surface area contributed by atoms with Crippen molar-refractivity contribution in [3.05, 3.63) is 32.0 Å². The Kier molecular flexibility index (Phi) is 4.23. The first kappa shape index (κ1) is 16.2. The van der Waals surface area contributed by atoms with E-state index in [4.69, 9.17) is 0 Å². The molecule has 0 aliphatic heterocycles. The van der Waals surface area contributed by atoms with Crippen LogP contribution in [0.15, 0.2) is 15.0 Å². The molecule has 2 aliphatic carbocycles. The summed E-state index contributed by atoms with van der Waals surface area (Å²) in [6.45, 7) is 2.15. The standard InChI is InChI=1S/C17H17Br2FO2/c1-2-3-5-17-6-4-12(21)15(19)13(17)9-7-11(20)16(22)14(18)10(9)8-17/h7,22H,2-6,8H2,1H3. The van der Waals surface area contributed by atoms with Crippen LogP contribution in [0, 0.1) is 11.2 Å². The number of allylic oxidation sites excluding steroid dienone is 2. The molecule has 1 unspecified atom stereocenters. The van der Waals surface area contributed by atoms with Gasteiger partial charge < -0.3 is 5.11 Å². The number of aromatic hydroxyl groups is 1. The van der Waals surface area contributed by atoms with Crippen LogP contribution in [-0.4, -0.2) is 10.9 Å². The fourth-order valence-electron chi connectivity index (χ4n) is 3.78. The summed E-state index contributed by atoms with van der Waals surface area (Å²) >= 11 is 6.79. The van der Waals surface area contributed by atoms with Crippen LogP contribution in [-0.2, 0) is 11.2 Å². The first-order valence-corrected chi connectivity index (χ1v) is 9.13. The van der Waals surface area contributed by atoms with E-state index in [1.807, 2.05) is 0 Å². The summed E-state index contributed by atoms with van der Waals surface area (Å²) in [7, 11) is 0. The molecule has 118 valence electrons. The zero-order valence-electron chi connectivity index (χ0n) is 12.3. The topological polar surface area (TPSA) is 37.3 Å². The normalized spacial score (nSPS) is 23.7. The zero-order chi connectivity index (χ0) is 16.1. The number of ketones is 1. The molecular formula is C17H17Br2FO2. The van der Waals surface area contributed by atoms with Crippen molar-refractivity contribution in [2.45, 2.75) is 45.4 Å². The van der Waals surface area contributed by atoms with Crippen molar-refractivity contribution in [2.75, 3.05) is 0 Å². The van der Waals surface area contributed by atoms with E-state index in [1.54, 1.807) is 0 Å². The van der Waals surface area contributed by atoms with Gasteiger partial charge >= 0.3 is 0 Å². The highest BCUT2D eigenvalue weighted by molar-refractivity contribution is 9.12. The maximum absolute atomic E-state index is 14.0. The highest BCUT2D eigenvalue weighted by Gasteiger charge is 2.47. The minimum atomic E-state index is -0.650. The van der Waals surface area contributed by atoms with Crippen molar-refractivity contribution in [3.63, 3.8) is 0 Å². The fraction of sp³-hybridized carbons (Fsp3) is 0.471. The zero-order valence-corrected chi connectivity index (χ0v) is 15.5. The molecule has 2 nitrogen and oxygen atoms in total. The van der Waals surface area contributed by atoms with E-state index >= 15 is 0 Å². The molecule has 0 amide bonds. The Morgan fingerprint density at radius 2 is 2.14 bits per heavy atom. The molecule has 0 spiro atoms. The number of hydrogen-bond donors (Lipinski definition) is 1. The number of phenols is 1. The summed E-state index contributed by atoms with van der Waals surface area (Å²) in [6, 6.07) is 1.37. The van der Waals surface area contributed by atoms with Crippen LogP contribution in [0.25, 0.3) is 5.57 Å². The Morgan fingerprint density at radius 1 is 1.41 bits per heavy atom. The number of halogens is 3. The maximum Gasteiger partial charge on any atom is 0.170 e. The first-order chi connectivity index (χ1) is 10.4. The number of Topliss-reactive ketones (excluding diaryl/α,β-unsaturated/α-hetero) is 1. The van der Waals surface area contributed by atoms with Gasteiger partial charge in [-0.05, 0) is 73.9 Å². The van der Waals surface area contributed by atoms with Crippen molar-refractivity contribution in [1.82, 2.24) is 0 Å². The number of hydrogen-bond acceptors (Lipinski definition) is 2. The molecule has 1 aromatic carbocycles. The van der Waals surface area contributed by atoms with Crippen LogP contribution in [0.3, 0.4) is 0 Å². The Labute approximate surface area is 146 Å². The molecule has 3 rings (SSSR count). The fourth-order valence-corrected chi connectivity index (χ4v) is 5.15. The molecule has 1 atom stereocenters. The molecule has 1 aromatic rings. The Morgan fingerprint density at radius 3 is 2.82 bits per heavy atom. The predicted molar refractivity (Wildman–Crippen MR) is 91.5 cm³/mol. The molecule has 0 aromatic heterocycles. The third-order valence-electron chi connectivity index (χ3n) is 4.91. The lowest BCUT2D eigenvalue weighted by molar-refractivity contribution is -0.115. The van der Waals surface area contributed by atoms with E-state index in [2.05, 4.69) is 38.8 Å². The molecule has 0 radical (unpaired) electrons. The minimum Gasteiger partial charge on any atom is -0.504 e. The Hall–Kier alpha value is -0.680. The van der Waals surface area contributed by atoms with Gasteiger partial charge in [0.1, 0.15) is 0 Å². The average Bonchev–Trinajstić information content (AvgIpc) is 2.82. The Bertz CT molecular complexity index is 696. The second-order valence-corrected chi connectivity index (χ2v) is 7.81. The number of phenolic OH excluding ortho intramolecular Hbond substituents is 1. The highest BCUT2D eigenvalue weighted by Crippen LogP contribution is 2.59. The minimum absolute atomic E-state index is 0.0829. The van der Waals surface area contributed by atoms with Crippen molar-refractivity contribution in [1.29, 1.82) is 0 Å². The summed E-state index contributed by atoms with van der Waals surface area (Å²) in [5.74, 6) is -0.909. The summed E-state index contributed by atoms with van der Waals surface area (Å²) in [5, 5.41) is 9.87. The van der Waals surface area contributed by atoms with E-state index in [9.17, 15) is 14.3 Å². The Balaban J connectivity index is 2.23. The van der Waals surface area contributed by atoms with Crippen LogP contribution in [0.1, 0.15) is 50.2 Å². The van der Waals surface area contributed by atoms with E-state index in [-0.39, 0.29) is 16.9 Å². The van der Waals surface area contributed by atoms with Gasteiger partial charge in [0.15, 0.2) is 17.3 Å². The number of unbranched alkanes of at least 4 members (excludes halogenated alkanes) is 1. The molecule has 1 N–H and O–H groups in total. The van der Waals surface area contributed by atoms with Gasteiger partial charge in [0.25, 0.3) is 0 Å². The second-order valence-electron chi connectivity index (χ2n) is 6.22. The van der Waals surface area contributed by atoms with Crippen molar-refractivity contribution in [2.24, 2.45) is 5.41 Å². The quantitative estimate of drug-likeness (QED) is 0.686. The molecule has 2 aliphatic rings. The second kappa shape index (κ2) is 5.75. The summed E-state index contributed by atoms with van der Waals surface area (Å²) in [4.78, 5) is 12.1. The molecule has 0 saturated carbocycles. The highest BCUT2D eigenvalue weighted by atomic mass is 79.9. The molecule has 0 saturated heterocycles. The van der Waals surface area contributed by atoms with Gasteiger partial charge in [0.05, 0.1) is 8.96 Å². The largest absolute Gasteiger partial charge is 0.504 e. The summed E-state index contributed by atoms with van der Waals surface area (Å²) in [5.41, 5.74) is 2.50. The van der Waals surface area contributed by atoms with Gasteiger partial charge in [-0.2, -0.15) is 0 Å². The van der Waals surface area contributed by atoms with E-state index in [0.717, 1.165) is 48.8 Å². The van der Waals surface area contributed by atoms with Crippen LogP contribution in [0.4, 0.5) is 4.39 Å². The molecule has 0 fully saturated rings. The SMILES string of the molecule is CCCCC12CCC(=O)C(Br)=C1c1cc(F)c(O)c(Br)c1C2. The van der Waals surface area contributed by atoms with Crippen LogP contribution in [0.2, 0.25) is 0 Å². The molecule has 0 bridgehead atoms. The monoisotopic (exact) mass is 430 g/mol. The first-order valence-electron chi connectivity index (χ1n) is 7.55. The van der Waals surface area contributed by atoms with E-state index in [0.29, 0.717) is 15.4 Å². The lowest BCUT2D eigenvalue weighted by Crippen LogP contribution is -2.27. The molecule has 5 heteroatoms. The molecule has 22 heavy (non-hydrogen) atoms. The van der Waals surface area contributed by atoms with Crippen LogP contribution >= 0.6 is 31.9 Å². The number of benzene rings is 1. The molecule has 0 heterocycles. The summed E-state index contributed by atoms with van der Waals surface area (Å²) in [6.07, 6.45) is 5.18. The third kappa shape index (κ3) is 2.28. The van der Waals surface area contributed by atoms with E-state index < -0.39 is 5.82 Å². The lowest BCUT2D eigenvalue weighted by atomic mass is 9.69. The van der Waals surface area contributed by atoms with Gasteiger partial charge in [0, 0.05) is 11.8 Å². The average molecular weight is 432 g/mol. The van der Waals surface area contributed by atoms with Crippen molar-refractivity contribution in [3.8, 4) is 5.75 Å². The lowest BCUT2D eigenvalue weighted by Gasteiger charge is -2.35. The number of rotatable bonds is 3. The van der Waals surface area contributed by atoms with Crippen LogP contribution < -0.4 is 0 Å². The number of carbonyl (C=O) groups is 1. The maximum atomic E-state index is 14.0. The number of fused-ring (bicyclic) bond motifs is 3.